The normalized spacial score (nSPS) is 14.1. The number of nitrogens with one attached hydrogen (secondary N) is 1. The van der Waals surface area contributed by atoms with E-state index >= 15 is 0 Å². The van der Waals surface area contributed by atoms with Crippen molar-refractivity contribution in [1.82, 2.24) is 24.4 Å². The summed E-state index contributed by atoms with van der Waals surface area (Å²) < 4.78 is 8.69. The van der Waals surface area contributed by atoms with Gasteiger partial charge in [-0.25, -0.2) is 0 Å². The zero-order chi connectivity index (χ0) is 22.1. The third-order valence-corrected chi connectivity index (χ3v) is 5.72. The van der Waals surface area contributed by atoms with Crippen LogP contribution in [0.15, 0.2) is 35.3 Å². The maximum atomic E-state index is 13.3. The molecular formula is C23H29N5O3. The van der Waals surface area contributed by atoms with Gasteiger partial charge in [0, 0.05) is 44.3 Å². The summed E-state index contributed by atoms with van der Waals surface area (Å²) in [7, 11) is 1.66. The molecule has 3 heterocycles. The zero-order valence-corrected chi connectivity index (χ0v) is 18.5. The van der Waals surface area contributed by atoms with E-state index in [1.165, 1.54) is 16.3 Å². The highest BCUT2D eigenvalue weighted by Gasteiger charge is 2.27. The summed E-state index contributed by atoms with van der Waals surface area (Å²) in [5, 5.41) is 7.19. The van der Waals surface area contributed by atoms with Crippen LogP contribution >= 0.6 is 0 Å². The number of amides is 1. The summed E-state index contributed by atoms with van der Waals surface area (Å²) in [4.78, 5) is 28.2. The van der Waals surface area contributed by atoms with E-state index in [-0.39, 0.29) is 17.5 Å². The number of rotatable bonds is 6. The molecule has 1 aliphatic heterocycles. The SMILES string of the molecule is CCn1c2c(c(=O)n3ncc(C(=O)NC(C)C)c13)CN(Cc1ccc(OC)cc1)CC2. The molecule has 0 unspecified atom stereocenters. The molecule has 8 nitrogen and oxygen atoms in total. The summed E-state index contributed by atoms with van der Waals surface area (Å²) in [5.41, 5.74) is 3.81. The average molecular weight is 424 g/mol. The van der Waals surface area contributed by atoms with Crippen LogP contribution in [0.4, 0.5) is 0 Å². The summed E-state index contributed by atoms with van der Waals surface area (Å²) in [5.74, 6) is 0.625. The Morgan fingerprint density at radius 2 is 2.00 bits per heavy atom. The molecule has 0 spiro atoms. The van der Waals surface area contributed by atoms with Crippen molar-refractivity contribution in [1.29, 1.82) is 0 Å². The molecule has 0 atom stereocenters. The fourth-order valence-electron chi connectivity index (χ4n) is 4.27. The first-order valence-electron chi connectivity index (χ1n) is 10.7. The van der Waals surface area contributed by atoms with E-state index in [0.29, 0.717) is 24.3 Å². The highest BCUT2D eigenvalue weighted by atomic mass is 16.5. The van der Waals surface area contributed by atoms with Gasteiger partial charge in [-0.1, -0.05) is 12.1 Å². The summed E-state index contributed by atoms with van der Waals surface area (Å²) in [6.07, 6.45) is 2.25. The zero-order valence-electron chi connectivity index (χ0n) is 18.5. The predicted molar refractivity (Wildman–Crippen MR) is 119 cm³/mol. The minimum Gasteiger partial charge on any atom is -0.497 e. The van der Waals surface area contributed by atoms with E-state index in [2.05, 4.69) is 32.0 Å². The van der Waals surface area contributed by atoms with Gasteiger partial charge in [-0.15, -0.1) is 0 Å². The third-order valence-electron chi connectivity index (χ3n) is 5.72. The lowest BCUT2D eigenvalue weighted by Crippen LogP contribution is -2.39. The van der Waals surface area contributed by atoms with Gasteiger partial charge in [0.15, 0.2) is 5.65 Å². The van der Waals surface area contributed by atoms with Gasteiger partial charge in [0.2, 0.25) is 0 Å². The smallest absolute Gasteiger partial charge is 0.279 e. The number of benzene rings is 1. The van der Waals surface area contributed by atoms with E-state index in [1.54, 1.807) is 7.11 Å². The Morgan fingerprint density at radius 1 is 1.26 bits per heavy atom. The molecule has 0 saturated heterocycles. The van der Waals surface area contributed by atoms with Gasteiger partial charge in [0.1, 0.15) is 11.3 Å². The molecule has 1 aromatic carbocycles. The van der Waals surface area contributed by atoms with Crippen molar-refractivity contribution in [3.8, 4) is 5.75 Å². The molecule has 4 rings (SSSR count). The second kappa shape index (κ2) is 8.55. The fourth-order valence-corrected chi connectivity index (χ4v) is 4.27. The third kappa shape index (κ3) is 3.95. The summed E-state index contributed by atoms with van der Waals surface area (Å²) in [6, 6.07) is 8.01. The first kappa shape index (κ1) is 21.1. The van der Waals surface area contributed by atoms with Gasteiger partial charge in [0.25, 0.3) is 11.5 Å². The van der Waals surface area contributed by atoms with Crippen molar-refractivity contribution in [3.63, 3.8) is 0 Å². The van der Waals surface area contributed by atoms with E-state index in [9.17, 15) is 9.59 Å². The topological polar surface area (TPSA) is 80.9 Å². The monoisotopic (exact) mass is 423 g/mol. The van der Waals surface area contributed by atoms with Crippen molar-refractivity contribution in [3.05, 3.63) is 63.2 Å². The van der Waals surface area contributed by atoms with Crippen LogP contribution in [0.3, 0.4) is 0 Å². The lowest BCUT2D eigenvalue weighted by atomic mass is 10.0. The van der Waals surface area contributed by atoms with Crippen LogP contribution in [0.5, 0.6) is 5.75 Å². The van der Waals surface area contributed by atoms with E-state index < -0.39 is 0 Å². The second-order valence-electron chi connectivity index (χ2n) is 8.21. The Balaban J connectivity index is 1.69. The second-order valence-corrected chi connectivity index (χ2v) is 8.21. The lowest BCUT2D eigenvalue weighted by Gasteiger charge is -2.30. The lowest BCUT2D eigenvalue weighted by molar-refractivity contribution is 0.0944. The van der Waals surface area contributed by atoms with Crippen LogP contribution in [0.2, 0.25) is 0 Å². The minimum atomic E-state index is -0.205. The van der Waals surface area contributed by atoms with Gasteiger partial charge in [0.05, 0.1) is 18.9 Å². The van der Waals surface area contributed by atoms with E-state index in [1.807, 2.05) is 32.9 Å². The number of methoxy groups -OCH3 is 1. The van der Waals surface area contributed by atoms with E-state index in [4.69, 9.17) is 4.74 Å². The Kier molecular flexibility index (Phi) is 5.82. The van der Waals surface area contributed by atoms with Crippen LogP contribution in [-0.4, -0.2) is 44.7 Å². The van der Waals surface area contributed by atoms with E-state index in [0.717, 1.165) is 36.5 Å². The van der Waals surface area contributed by atoms with Gasteiger partial charge in [-0.05, 0) is 38.5 Å². The molecule has 0 radical (unpaired) electrons. The number of carbonyl (C=O) groups excluding carboxylic acids is 1. The Hall–Kier alpha value is -3.13. The molecule has 0 fully saturated rings. The number of aromatic nitrogens is 3. The van der Waals surface area contributed by atoms with Gasteiger partial charge in [-0.2, -0.15) is 9.61 Å². The molecule has 1 aliphatic rings. The molecule has 0 saturated carbocycles. The highest BCUT2D eigenvalue weighted by Crippen LogP contribution is 2.22. The molecule has 1 amide bonds. The fraction of sp³-hybridized carbons (Fsp3) is 0.435. The largest absolute Gasteiger partial charge is 0.497 e. The van der Waals surface area contributed by atoms with Gasteiger partial charge in [-0.3, -0.25) is 14.5 Å². The number of hydrogen-bond acceptors (Lipinski definition) is 5. The molecule has 164 valence electrons. The maximum Gasteiger partial charge on any atom is 0.279 e. The molecule has 8 heteroatoms. The molecule has 0 aliphatic carbocycles. The Morgan fingerprint density at radius 3 is 2.65 bits per heavy atom. The predicted octanol–water partition coefficient (Wildman–Crippen LogP) is 2.22. The number of hydrogen-bond donors (Lipinski definition) is 1. The van der Waals surface area contributed by atoms with Crippen molar-refractivity contribution in [2.24, 2.45) is 0 Å². The molecular weight excluding hydrogens is 394 g/mol. The average Bonchev–Trinajstić information content (AvgIpc) is 3.20. The van der Waals surface area contributed by atoms with Gasteiger partial charge >= 0.3 is 0 Å². The molecule has 2 aromatic heterocycles. The summed E-state index contributed by atoms with van der Waals surface area (Å²) >= 11 is 0. The number of fused-ring (bicyclic) bond motifs is 2. The molecule has 1 N–H and O–H groups in total. The Labute approximate surface area is 181 Å². The van der Waals surface area contributed by atoms with Gasteiger partial charge < -0.3 is 14.6 Å². The van der Waals surface area contributed by atoms with Crippen LogP contribution in [-0.2, 0) is 26.1 Å². The summed E-state index contributed by atoms with van der Waals surface area (Å²) in [6.45, 7) is 8.68. The number of aryl methyl sites for hydroxylation is 1. The molecule has 3 aromatic rings. The Bertz CT molecular complexity index is 1160. The quantitative estimate of drug-likeness (QED) is 0.658. The maximum absolute atomic E-state index is 13.3. The molecule has 0 bridgehead atoms. The van der Waals surface area contributed by atoms with Crippen molar-refractivity contribution in [2.75, 3.05) is 13.7 Å². The van der Waals surface area contributed by atoms with Crippen molar-refractivity contribution in [2.45, 2.75) is 52.9 Å². The molecule has 31 heavy (non-hydrogen) atoms. The standard InChI is InChI=1S/C23H29N5O3/c1-5-27-20-10-11-26(13-16-6-8-17(31-4)9-7-16)14-19(20)23(30)28-22(27)18(12-24-28)21(29)25-15(2)3/h6-9,12,15H,5,10-11,13-14H2,1-4H3,(H,25,29). The van der Waals surface area contributed by atoms with Crippen LogP contribution in [0, 0.1) is 0 Å². The van der Waals surface area contributed by atoms with Crippen molar-refractivity contribution < 1.29 is 9.53 Å². The van der Waals surface area contributed by atoms with Crippen molar-refractivity contribution >= 4 is 11.6 Å². The van der Waals surface area contributed by atoms with Crippen LogP contribution in [0.25, 0.3) is 5.65 Å². The minimum absolute atomic E-state index is 0.00777. The number of ether oxygens (including phenoxy) is 1. The number of nitrogens with zero attached hydrogens (tertiary/aromatic N) is 4. The first-order chi connectivity index (χ1) is 14.9. The highest BCUT2D eigenvalue weighted by molar-refractivity contribution is 6.00. The number of carbonyl (C=O) groups is 1. The first-order valence-corrected chi connectivity index (χ1v) is 10.7. The van der Waals surface area contributed by atoms with Crippen LogP contribution in [0.1, 0.15) is 48.0 Å². The van der Waals surface area contributed by atoms with Crippen LogP contribution < -0.4 is 15.6 Å².